The smallest absolute Gasteiger partial charge is 0.481 e. The normalized spacial score (nSPS) is 20.3. The van der Waals surface area contributed by atoms with Crippen molar-refractivity contribution in [3.8, 4) is 0 Å². The molecule has 0 aromatic carbocycles. The Morgan fingerprint density at radius 3 is 2.08 bits per heavy atom. The van der Waals surface area contributed by atoms with Crippen LogP contribution in [0.3, 0.4) is 0 Å². The van der Waals surface area contributed by atoms with Crippen molar-refractivity contribution in [1.29, 1.82) is 0 Å². The van der Waals surface area contributed by atoms with E-state index in [1.165, 1.54) is 57.4 Å². The number of carbonyl (C=O) groups is 3. The van der Waals surface area contributed by atoms with E-state index < -0.39 is 107 Å². The molecule has 1 saturated heterocycles. The van der Waals surface area contributed by atoms with E-state index in [2.05, 4.69) is 35.3 Å². The number of thioether (sulfide) groups is 1. The first-order valence-corrected chi connectivity index (χ1v) is 30.6. The molecule has 1 aromatic rings. The SMILES string of the molecule is CCCCC/C=C\C\C=C/C=C/C=C/[C@@H](SC[C@H](N)C(=O)O[C@H](COC(=O)CCCCCCCCCCCCCCC)COP(=O)(O)OP(=O)(O)OC[C@H]1O[C@@H](n2ccc(N)nc2=O)[C@H](O)[C@@H]1O)[C@@H](O)CCCC(=O)O. The average Bonchev–Trinajstić information content (AvgIpc) is 3.64. The second-order valence-electron chi connectivity index (χ2n) is 18.6. The highest BCUT2D eigenvalue weighted by Crippen LogP contribution is 2.60. The monoisotopic (exact) mass is 1140 g/mol. The van der Waals surface area contributed by atoms with Crippen molar-refractivity contribution in [2.75, 3.05) is 31.3 Å². The number of aromatic nitrogens is 2. The van der Waals surface area contributed by atoms with E-state index in [0.29, 0.717) is 6.42 Å². The molecule has 1 aliphatic heterocycles. The van der Waals surface area contributed by atoms with Crippen molar-refractivity contribution < 1.29 is 81.3 Å². The average molecular weight is 1140 g/mol. The van der Waals surface area contributed by atoms with Crippen molar-refractivity contribution in [1.82, 2.24) is 9.55 Å². The number of ether oxygens (including phenoxy) is 3. The summed E-state index contributed by atoms with van der Waals surface area (Å²) in [5, 5.41) is 40.5. The molecule has 0 bridgehead atoms. The van der Waals surface area contributed by atoms with Crippen LogP contribution in [-0.2, 0) is 51.1 Å². The lowest BCUT2D eigenvalue weighted by atomic mass is 10.0. The minimum atomic E-state index is -5.58. The van der Waals surface area contributed by atoms with Gasteiger partial charge in [0.1, 0.15) is 36.8 Å². The molecule has 1 aliphatic rings. The minimum Gasteiger partial charge on any atom is -0.481 e. The Bertz CT molecular complexity index is 2100. The number of anilines is 1. The van der Waals surface area contributed by atoms with Crippen LogP contribution in [-0.4, -0.2) is 125 Å². The number of esters is 2. The molecule has 434 valence electrons. The Hall–Kier alpha value is -3.54. The van der Waals surface area contributed by atoms with Gasteiger partial charge < -0.3 is 55.9 Å². The summed E-state index contributed by atoms with van der Waals surface area (Å²) in [6, 6.07) is -0.159. The summed E-state index contributed by atoms with van der Waals surface area (Å²) in [6.45, 7) is 1.63. The number of phosphoric acid groups is 2. The first-order valence-electron chi connectivity index (χ1n) is 26.6. The second-order valence-corrected chi connectivity index (χ2v) is 22.8. The number of aliphatic carboxylic acids is 1. The molecule has 2 rings (SSSR count). The first kappa shape index (κ1) is 68.6. The molecule has 2 unspecified atom stereocenters. The number of hydrogen-bond acceptors (Lipinski definition) is 19. The molecular formula is C51H86N4O18P2S. The number of nitrogens with two attached hydrogens (primary N) is 2. The van der Waals surface area contributed by atoms with Gasteiger partial charge in [0.2, 0.25) is 0 Å². The number of carbonyl (C=O) groups excluding carboxylic acids is 2. The van der Waals surface area contributed by atoms with Crippen molar-refractivity contribution in [2.24, 2.45) is 5.73 Å². The molecule has 1 aromatic heterocycles. The van der Waals surface area contributed by atoms with Crippen LogP contribution < -0.4 is 17.2 Å². The van der Waals surface area contributed by atoms with Crippen LogP contribution in [0.25, 0.3) is 0 Å². The van der Waals surface area contributed by atoms with Gasteiger partial charge in [0.05, 0.1) is 19.3 Å². The Morgan fingerprint density at radius 2 is 1.43 bits per heavy atom. The number of carboxylic acid groups (broad SMARTS) is 1. The van der Waals surface area contributed by atoms with Gasteiger partial charge in [-0.15, -0.1) is 11.8 Å². The number of aliphatic hydroxyl groups excluding tert-OH is 3. The van der Waals surface area contributed by atoms with E-state index in [0.717, 1.165) is 80.3 Å². The summed E-state index contributed by atoms with van der Waals surface area (Å²) in [5.74, 6) is -3.02. The highest BCUT2D eigenvalue weighted by atomic mass is 32.2. The van der Waals surface area contributed by atoms with Crippen LogP contribution in [0.1, 0.15) is 161 Å². The van der Waals surface area contributed by atoms with E-state index >= 15 is 0 Å². The van der Waals surface area contributed by atoms with Crippen molar-refractivity contribution >= 4 is 51.1 Å². The molecule has 1 fully saturated rings. The maximum Gasteiger partial charge on any atom is 0.481 e. The molecule has 10 atom stereocenters. The van der Waals surface area contributed by atoms with Crippen molar-refractivity contribution in [3.63, 3.8) is 0 Å². The molecule has 10 N–H and O–H groups in total. The van der Waals surface area contributed by atoms with E-state index in [9.17, 15) is 53.4 Å². The predicted molar refractivity (Wildman–Crippen MR) is 290 cm³/mol. The molecule has 0 spiro atoms. The summed E-state index contributed by atoms with van der Waals surface area (Å²) in [4.78, 5) is 74.0. The van der Waals surface area contributed by atoms with E-state index in [1.807, 2.05) is 18.2 Å². The third-order valence-electron chi connectivity index (χ3n) is 11.9. The van der Waals surface area contributed by atoms with Gasteiger partial charge in [0.15, 0.2) is 12.3 Å². The second kappa shape index (κ2) is 39.8. The Balaban J connectivity index is 2.07. The molecule has 0 amide bonds. The molecule has 2 heterocycles. The lowest BCUT2D eigenvalue weighted by Crippen LogP contribution is -2.40. The van der Waals surface area contributed by atoms with Gasteiger partial charge in [-0.1, -0.05) is 152 Å². The molecule has 0 saturated carbocycles. The molecule has 22 nitrogen and oxygen atoms in total. The summed E-state index contributed by atoms with van der Waals surface area (Å²) in [7, 11) is -11.1. The number of nitrogens with zero attached hydrogens (tertiary/aromatic N) is 2. The van der Waals surface area contributed by atoms with Gasteiger partial charge in [-0.25, -0.2) is 13.9 Å². The van der Waals surface area contributed by atoms with Gasteiger partial charge in [0, 0.05) is 30.0 Å². The van der Waals surface area contributed by atoms with E-state index in [4.69, 9.17) is 39.8 Å². The molecule has 76 heavy (non-hydrogen) atoms. The third kappa shape index (κ3) is 31.2. The fourth-order valence-corrected chi connectivity index (χ4v) is 10.9. The summed E-state index contributed by atoms with van der Waals surface area (Å²) >= 11 is 1.09. The minimum absolute atomic E-state index is 0.0264. The lowest BCUT2D eigenvalue weighted by molar-refractivity contribution is -0.161. The van der Waals surface area contributed by atoms with Gasteiger partial charge in [-0.3, -0.25) is 28.0 Å². The molecule has 0 radical (unpaired) electrons. The number of hydrogen-bond donors (Lipinski definition) is 8. The maximum absolute atomic E-state index is 13.4. The summed E-state index contributed by atoms with van der Waals surface area (Å²) in [5.41, 5.74) is 10.8. The number of aliphatic hydroxyl groups is 3. The maximum atomic E-state index is 13.4. The number of allylic oxidation sites excluding steroid dienone is 7. The van der Waals surface area contributed by atoms with Crippen LogP contribution in [0.5, 0.6) is 0 Å². The van der Waals surface area contributed by atoms with Crippen LogP contribution in [0, 0.1) is 0 Å². The van der Waals surface area contributed by atoms with Crippen LogP contribution in [0.15, 0.2) is 65.7 Å². The van der Waals surface area contributed by atoms with Gasteiger partial charge in [-0.05, 0) is 44.6 Å². The number of nitrogen functional groups attached to an aromatic ring is 1. The zero-order chi connectivity index (χ0) is 56.2. The largest absolute Gasteiger partial charge is 0.481 e. The number of phosphoric ester groups is 2. The highest BCUT2D eigenvalue weighted by Gasteiger charge is 2.46. The quantitative estimate of drug-likeness (QED) is 0.0101. The highest BCUT2D eigenvalue weighted by molar-refractivity contribution is 8.00. The van der Waals surface area contributed by atoms with E-state index in [-0.39, 0.29) is 37.3 Å². The fourth-order valence-electron chi connectivity index (χ4n) is 7.62. The van der Waals surface area contributed by atoms with Crippen LogP contribution >= 0.6 is 27.4 Å². The Morgan fingerprint density at radius 1 is 0.816 bits per heavy atom. The Kier molecular flexibility index (Phi) is 35.9. The summed E-state index contributed by atoms with van der Waals surface area (Å²) < 4.78 is 57.0. The standard InChI is InChI=1S/C51H86N4O18P2S/c1-3-5-7-9-11-13-15-17-19-21-23-25-27-32-46(59)68-35-39(36-69-74(64,65)73-75(66,67)70-37-42-47(60)48(61)49(72-42)55-34-33-44(53)54-51(55)63)71-50(62)40(52)38-76-43(41(56)29-28-31-45(57)58)30-26-24-22-20-18-16-14-12-10-8-6-4-2/h12,14,18,20,22,24,26,30,33-34,39-43,47-49,56,60-61H,3-11,13,15-17,19,21,23,25,27-29,31-32,35-38,52H2,1-2H3,(H,57,58)(H,64,65)(H,66,67)(H2,53,54,63)/b14-12-,20-18-,24-22+,30-26+/t39-,40+,41+,42-,43-,47-,48-,49-/m1/s1. The molecule has 25 heteroatoms. The van der Waals surface area contributed by atoms with Gasteiger partial charge in [-0.2, -0.15) is 9.29 Å². The number of rotatable bonds is 44. The van der Waals surface area contributed by atoms with Crippen LogP contribution in [0.4, 0.5) is 5.82 Å². The lowest BCUT2D eigenvalue weighted by Gasteiger charge is -2.23. The summed E-state index contributed by atoms with van der Waals surface area (Å²) in [6.07, 6.45) is 26.7. The van der Waals surface area contributed by atoms with Crippen LogP contribution in [0.2, 0.25) is 0 Å². The zero-order valence-electron chi connectivity index (χ0n) is 44.2. The topological polar surface area (TPSA) is 349 Å². The van der Waals surface area contributed by atoms with Crippen molar-refractivity contribution in [2.45, 2.75) is 203 Å². The number of unbranched alkanes of at least 4 members (excludes halogenated alkanes) is 15. The fraction of sp³-hybridized carbons (Fsp3) is 0.706. The van der Waals surface area contributed by atoms with E-state index in [1.54, 1.807) is 18.2 Å². The van der Waals surface area contributed by atoms with Gasteiger partial charge in [0.25, 0.3) is 0 Å². The Labute approximate surface area is 451 Å². The first-order chi connectivity index (χ1) is 36.3. The van der Waals surface area contributed by atoms with Crippen molar-refractivity contribution in [3.05, 3.63) is 71.4 Å². The van der Waals surface area contributed by atoms with Gasteiger partial charge >= 0.3 is 39.2 Å². The zero-order valence-corrected chi connectivity index (χ0v) is 46.8. The predicted octanol–water partition coefficient (Wildman–Crippen LogP) is 7.87. The molecular weight excluding hydrogens is 1050 g/mol. The number of carboxylic acids is 1. The molecule has 0 aliphatic carbocycles. The third-order valence-corrected chi connectivity index (χ3v) is 15.9.